The molecular weight excluding hydrogens is 234 g/mol. The van der Waals surface area contributed by atoms with Crippen molar-refractivity contribution in [3.05, 3.63) is 0 Å². The van der Waals surface area contributed by atoms with Gasteiger partial charge in [0.05, 0.1) is 0 Å². The van der Waals surface area contributed by atoms with Crippen LogP contribution in [0.1, 0.15) is 73.1 Å². The number of likely N-dealkylation sites (tertiary alicyclic amines) is 1. The summed E-state index contributed by atoms with van der Waals surface area (Å²) in [5.41, 5.74) is 0.633. The van der Waals surface area contributed by atoms with E-state index in [1.54, 1.807) is 0 Å². The van der Waals surface area contributed by atoms with Crippen LogP contribution in [-0.2, 0) is 4.79 Å². The molecule has 2 nitrogen and oxygen atoms in total. The van der Waals surface area contributed by atoms with Crippen molar-refractivity contribution in [2.24, 2.45) is 17.3 Å². The summed E-state index contributed by atoms with van der Waals surface area (Å²) in [6.07, 6.45) is 8.13. The monoisotopic (exact) mass is 267 g/mol. The van der Waals surface area contributed by atoms with Gasteiger partial charge in [0.1, 0.15) is 0 Å². The number of hydrogen-bond donors (Lipinski definition) is 0. The largest absolute Gasteiger partial charge is 0.342 e. The number of amides is 1. The van der Waals surface area contributed by atoms with Crippen molar-refractivity contribution < 1.29 is 4.79 Å². The molecule has 0 radical (unpaired) electrons. The summed E-state index contributed by atoms with van der Waals surface area (Å²) in [6.45, 7) is 12.3. The van der Waals surface area contributed by atoms with Crippen molar-refractivity contribution in [3.63, 3.8) is 0 Å². The van der Waals surface area contributed by atoms with Gasteiger partial charge >= 0.3 is 0 Å². The van der Waals surface area contributed by atoms with Crippen LogP contribution >= 0.6 is 0 Å². The van der Waals surface area contributed by atoms with Gasteiger partial charge in [0.2, 0.25) is 5.91 Å². The lowest BCUT2D eigenvalue weighted by atomic mass is 9.56. The molecule has 0 aromatic rings. The Kier molecular flexibility index (Phi) is 6.35. The van der Waals surface area contributed by atoms with Crippen LogP contribution in [0.3, 0.4) is 0 Å². The predicted octanol–water partition coefficient (Wildman–Crippen LogP) is 4.49. The molecule has 2 fully saturated rings. The fourth-order valence-corrected chi connectivity index (χ4v) is 3.75. The molecule has 1 saturated carbocycles. The van der Waals surface area contributed by atoms with Crippen molar-refractivity contribution in [2.45, 2.75) is 73.1 Å². The maximum atomic E-state index is 11.9. The van der Waals surface area contributed by atoms with Crippen LogP contribution in [0.5, 0.6) is 0 Å². The van der Waals surface area contributed by atoms with Crippen molar-refractivity contribution in [2.75, 3.05) is 13.1 Å². The fraction of sp³-hybridized carbons (Fsp3) is 0.941. The molecular formula is C17H33NO. The predicted molar refractivity (Wildman–Crippen MR) is 82.1 cm³/mol. The molecule has 0 atom stereocenters. The summed E-state index contributed by atoms with van der Waals surface area (Å²) in [5, 5.41) is 0. The topological polar surface area (TPSA) is 20.3 Å². The van der Waals surface area contributed by atoms with Gasteiger partial charge in [-0.15, -0.1) is 0 Å². The highest BCUT2D eigenvalue weighted by molar-refractivity contribution is 5.78. The minimum Gasteiger partial charge on any atom is -0.342 e. The Morgan fingerprint density at radius 1 is 1.21 bits per heavy atom. The molecule has 0 aromatic heterocycles. The summed E-state index contributed by atoms with van der Waals surface area (Å²) >= 11 is 0. The molecule has 2 heteroatoms. The number of piperidine rings is 1. The van der Waals surface area contributed by atoms with E-state index in [9.17, 15) is 4.79 Å². The second kappa shape index (κ2) is 7.31. The third-order valence-corrected chi connectivity index (χ3v) is 4.77. The molecule has 19 heavy (non-hydrogen) atoms. The molecule has 2 rings (SSSR count). The van der Waals surface area contributed by atoms with E-state index >= 15 is 0 Å². The third-order valence-electron chi connectivity index (χ3n) is 4.77. The van der Waals surface area contributed by atoms with Gasteiger partial charge in [-0.05, 0) is 37.0 Å². The summed E-state index contributed by atoms with van der Waals surface area (Å²) in [5.74, 6) is 1.51. The van der Waals surface area contributed by atoms with Crippen LogP contribution in [-0.4, -0.2) is 23.9 Å². The van der Waals surface area contributed by atoms with Crippen molar-refractivity contribution >= 4 is 5.91 Å². The zero-order valence-corrected chi connectivity index (χ0v) is 13.7. The van der Waals surface area contributed by atoms with E-state index in [4.69, 9.17) is 0 Å². The maximum Gasteiger partial charge on any atom is 0.225 e. The van der Waals surface area contributed by atoms with Gasteiger partial charge in [-0.3, -0.25) is 4.79 Å². The van der Waals surface area contributed by atoms with E-state index in [2.05, 4.69) is 11.8 Å². The third kappa shape index (κ3) is 3.97. The van der Waals surface area contributed by atoms with Gasteiger partial charge in [0.25, 0.3) is 0 Å². The van der Waals surface area contributed by atoms with Gasteiger partial charge in [-0.25, -0.2) is 0 Å². The SMILES string of the molecule is CC.CCCC1CC2(CCN(C(=O)C(C)C)CC2)C1. The quantitative estimate of drug-likeness (QED) is 0.738. The van der Waals surface area contributed by atoms with E-state index in [1.165, 1.54) is 38.5 Å². The van der Waals surface area contributed by atoms with E-state index in [1.807, 2.05) is 27.7 Å². The summed E-state index contributed by atoms with van der Waals surface area (Å²) in [6, 6.07) is 0. The fourth-order valence-electron chi connectivity index (χ4n) is 3.75. The van der Waals surface area contributed by atoms with Crippen molar-refractivity contribution in [3.8, 4) is 0 Å². The molecule has 0 aromatic carbocycles. The first-order chi connectivity index (χ1) is 9.06. The summed E-state index contributed by atoms with van der Waals surface area (Å²) in [4.78, 5) is 14.0. The Morgan fingerprint density at radius 2 is 1.74 bits per heavy atom. The van der Waals surface area contributed by atoms with Gasteiger partial charge in [0, 0.05) is 19.0 Å². The van der Waals surface area contributed by atoms with E-state index in [-0.39, 0.29) is 5.92 Å². The highest BCUT2D eigenvalue weighted by atomic mass is 16.2. The number of rotatable bonds is 3. The van der Waals surface area contributed by atoms with Crippen LogP contribution in [0.4, 0.5) is 0 Å². The highest BCUT2D eigenvalue weighted by Crippen LogP contribution is 2.53. The number of carbonyl (C=O) groups is 1. The molecule has 0 N–H and O–H groups in total. The van der Waals surface area contributed by atoms with Crippen LogP contribution in [0.25, 0.3) is 0 Å². The zero-order valence-electron chi connectivity index (χ0n) is 13.7. The highest BCUT2D eigenvalue weighted by Gasteiger charge is 2.45. The van der Waals surface area contributed by atoms with Gasteiger partial charge in [-0.2, -0.15) is 0 Å². The first-order valence-corrected chi connectivity index (χ1v) is 8.35. The summed E-state index contributed by atoms with van der Waals surface area (Å²) in [7, 11) is 0. The van der Waals surface area contributed by atoms with E-state index in [0.29, 0.717) is 11.3 Å². The Hall–Kier alpha value is -0.530. The van der Waals surface area contributed by atoms with Crippen molar-refractivity contribution in [1.29, 1.82) is 0 Å². The molecule has 1 aliphatic carbocycles. The number of nitrogens with zero attached hydrogens (tertiary/aromatic N) is 1. The normalized spacial score (nSPS) is 21.9. The second-order valence-electron chi connectivity index (χ2n) is 6.54. The van der Waals surface area contributed by atoms with Crippen LogP contribution in [0, 0.1) is 17.3 Å². The lowest BCUT2D eigenvalue weighted by Gasteiger charge is -2.52. The standard InChI is InChI=1S/C15H27NO.C2H6/c1-4-5-13-10-15(11-13)6-8-16(9-7-15)14(17)12(2)3;1-2/h12-13H,4-11H2,1-3H3;1-2H3. The first kappa shape index (κ1) is 16.5. The van der Waals surface area contributed by atoms with E-state index < -0.39 is 0 Å². The number of hydrogen-bond acceptors (Lipinski definition) is 1. The lowest BCUT2D eigenvalue weighted by molar-refractivity contribution is -0.138. The minimum absolute atomic E-state index is 0.165. The van der Waals surface area contributed by atoms with Crippen LogP contribution in [0.2, 0.25) is 0 Å². The Morgan fingerprint density at radius 3 is 2.16 bits per heavy atom. The molecule has 1 aliphatic heterocycles. The Balaban J connectivity index is 0.000000861. The molecule has 1 saturated heterocycles. The number of carbonyl (C=O) groups excluding carboxylic acids is 1. The van der Waals surface area contributed by atoms with Gasteiger partial charge < -0.3 is 4.90 Å². The van der Waals surface area contributed by atoms with E-state index in [0.717, 1.165) is 19.0 Å². The van der Waals surface area contributed by atoms with Gasteiger partial charge in [-0.1, -0.05) is 47.5 Å². The zero-order chi connectivity index (χ0) is 14.5. The average molecular weight is 267 g/mol. The van der Waals surface area contributed by atoms with Crippen LogP contribution in [0.15, 0.2) is 0 Å². The summed E-state index contributed by atoms with van der Waals surface area (Å²) < 4.78 is 0. The van der Waals surface area contributed by atoms with Gasteiger partial charge in [0.15, 0.2) is 0 Å². The average Bonchev–Trinajstić information content (AvgIpc) is 2.39. The molecule has 1 heterocycles. The molecule has 1 amide bonds. The Bertz CT molecular complexity index is 269. The Labute approximate surface area is 119 Å². The van der Waals surface area contributed by atoms with Crippen molar-refractivity contribution in [1.82, 2.24) is 4.90 Å². The maximum absolute atomic E-state index is 11.9. The molecule has 112 valence electrons. The lowest BCUT2D eigenvalue weighted by Crippen LogP contribution is -2.49. The molecule has 0 bridgehead atoms. The molecule has 2 aliphatic rings. The second-order valence-corrected chi connectivity index (χ2v) is 6.54. The van der Waals surface area contributed by atoms with Crippen LogP contribution < -0.4 is 0 Å². The molecule has 0 unspecified atom stereocenters. The first-order valence-electron chi connectivity index (χ1n) is 8.35. The minimum atomic E-state index is 0.165. The molecule has 1 spiro atoms. The smallest absolute Gasteiger partial charge is 0.225 e.